The third-order valence-corrected chi connectivity index (χ3v) is 4.14. The first-order valence-electron chi connectivity index (χ1n) is 7.58. The van der Waals surface area contributed by atoms with Crippen LogP contribution in [0, 0.1) is 11.6 Å². The van der Waals surface area contributed by atoms with Crippen molar-refractivity contribution in [1.82, 2.24) is 10.6 Å². The van der Waals surface area contributed by atoms with E-state index in [0.717, 1.165) is 6.07 Å². The molecule has 0 fully saturated rings. The van der Waals surface area contributed by atoms with Crippen molar-refractivity contribution in [3.63, 3.8) is 0 Å². The maximum absolute atomic E-state index is 13.0. The molecule has 0 saturated carbocycles. The molecule has 0 atom stereocenters. The second-order valence-corrected chi connectivity index (χ2v) is 6.16. The Morgan fingerprint density at radius 3 is 2.46 bits per heavy atom. The molecule has 0 bridgehead atoms. The fourth-order valence-corrected chi connectivity index (χ4v) is 2.78. The highest BCUT2D eigenvalue weighted by atomic mass is 32.1. The Morgan fingerprint density at radius 1 is 1.04 bits per heavy atom. The molecule has 1 aromatic heterocycles. The maximum atomic E-state index is 13.0. The average Bonchev–Trinajstić information content (AvgIpc) is 3.05. The van der Waals surface area contributed by atoms with Crippen LogP contribution in [0.1, 0.15) is 28.1 Å². The van der Waals surface area contributed by atoms with Crippen LogP contribution in [-0.2, 0) is 11.2 Å². The fourth-order valence-electron chi connectivity index (χ4n) is 2.14. The summed E-state index contributed by atoms with van der Waals surface area (Å²) in [5.74, 6) is -1.55. The highest BCUT2D eigenvalue weighted by Gasteiger charge is 2.06. The minimum atomic E-state index is -0.627. The van der Waals surface area contributed by atoms with Crippen molar-refractivity contribution in [3.05, 3.63) is 57.8 Å². The van der Waals surface area contributed by atoms with Crippen LogP contribution in [0.15, 0.2) is 35.7 Å². The van der Waals surface area contributed by atoms with Crippen LogP contribution in [0.3, 0.4) is 0 Å². The molecule has 2 aromatic rings. The van der Waals surface area contributed by atoms with Crippen LogP contribution >= 0.6 is 11.3 Å². The molecule has 2 rings (SSSR count). The lowest BCUT2D eigenvalue weighted by Crippen LogP contribution is -2.28. The molecular weight excluding hydrogens is 334 g/mol. The molecule has 0 aliphatic carbocycles. The van der Waals surface area contributed by atoms with Gasteiger partial charge in [0.05, 0.1) is 4.88 Å². The number of rotatable bonds is 8. The molecule has 7 heteroatoms. The van der Waals surface area contributed by atoms with E-state index in [2.05, 4.69) is 10.6 Å². The topological polar surface area (TPSA) is 58.2 Å². The lowest BCUT2D eigenvalue weighted by Gasteiger charge is -2.06. The zero-order chi connectivity index (χ0) is 17.4. The number of benzene rings is 1. The molecule has 2 amide bonds. The molecule has 4 nitrogen and oxygen atoms in total. The van der Waals surface area contributed by atoms with E-state index in [1.807, 2.05) is 5.38 Å². The molecule has 0 spiro atoms. The van der Waals surface area contributed by atoms with Gasteiger partial charge in [-0.25, -0.2) is 8.78 Å². The van der Waals surface area contributed by atoms with Gasteiger partial charge in [-0.1, -0.05) is 6.07 Å². The Labute approximate surface area is 142 Å². The summed E-state index contributed by atoms with van der Waals surface area (Å²) in [6.45, 7) is 0.725. The summed E-state index contributed by atoms with van der Waals surface area (Å²) in [6, 6.07) is 6.84. The summed E-state index contributed by atoms with van der Waals surface area (Å²) in [5.41, 5.74) is 0.496. The van der Waals surface area contributed by atoms with Crippen molar-refractivity contribution in [2.45, 2.75) is 19.3 Å². The van der Waals surface area contributed by atoms with Gasteiger partial charge in [0.15, 0.2) is 0 Å². The van der Waals surface area contributed by atoms with Gasteiger partial charge in [0.25, 0.3) is 5.91 Å². The Balaban J connectivity index is 1.59. The van der Waals surface area contributed by atoms with Crippen LogP contribution < -0.4 is 10.6 Å². The van der Waals surface area contributed by atoms with Crippen molar-refractivity contribution in [2.75, 3.05) is 13.1 Å². The van der Waals surface area contributed by atoms with Crippen LogP contribution in [0.5, 0.6) is 0 Å². The average molecular weight is 352 g/mol. The van der Waals surface area contributed by atoms with Crippen molar-refractivity contribution in [1.29, 1.82) is 0 Å². The van der Waals surface area contributed by atoms with Crippen LogP contribution in [0.2, 0.25) is 0 Å². The first kappa shape index (κ1) is 18.1. The number of hydrogen-bond acceptors (Lipinski definition) is 3. The molecule has 0 aliphatic rings. The van der Waals surface area contributed by atoms with E-state index in [4.69, 9.17) is 0 Å². The van der Waals surface area contributed by atoms with Gasteiger partial charge in [-0.3, -0.25) is 9.59 Å². The van der Waals surface area contributed by atoms with Gasteiger partial charge in [-0.15, -0.1) is 11.3 Å². The highest BCUT2D eigenvalue weighted by Crippen LogP contribution is 2.08. The number of halogens is 2. The Hall–Kier alpha value is -2.28. The highest BCUT2D eigenvalue weighted by molar-refractivity contribution is 7.12. The molecule has 24 heavy (non-hydrogen) atoms. The monoisotopic (exact) mass is 352 g/mol. The van der Waals surface area contributed by atoms with Gasteiger partial charge in [-0.2, -0.15) is 0 Å². The van der Waals surface area contributed by atoms with E-state index in [0.29, 0.717) is 36.4 Å². The fraction of sp³-hybridized carbons (Fsp3) is 0.294. The summed E-state index contributed by atoms with van der Waals surface area (Å²) >= 11 is 1.36. The molecule has 2 N–H and O–H groups in total. The van der Waals surface area contributed by atoms with Gasteiger partial charge in [-0.05, 0) is 42.0 Å². The van der Waals surface area contributed by atoms with Crippen molar-refractivity contribution in [3.8, 4) is 0 Å². The van der Waals surface area contributed by atoms with Gasteiger partial charge in [0.1, 0.15) is 11.6 Å². The number of carbonyl (C=O) groups is 2. The number of carbonyl (C=O) groups excluding carboxylic acids is 2. The second-order valence-electron chi connectivity index (χ2n) is 5.21. The Kier molecular flexibility index (Phi) is 6.87. The standard InChI is InChI=1S/C17H18F2N2O2S/c18-13-9-12(10-14(19)11-13)5-7-20-16(22)4-1-6-21-17(23)15-3-2-8-24-15/h2-3,8-11H,1,4-7H2,(H,20,22)(H,21,23). The smallest absolute Gasteiger partial charge is 0.261 e. The first-order chi connectivity index (χ1) is 11.5. The summed E-state index contributed by atoms with van der Waals surface area (Å²) in [7, 11) is 0. The molecule has 128 valence electrons. The minimum Gasteiger partial charge on any atom is -0.356 e. The van der Waals surface area contributed by atoms with Crippen molar-refractivity contribution in [2.24, 2.45) is 0 Å². The lowest BCUT2D eigenvalue weighted by molar-refractivity contribution is -0.121. The minimum absolute atomic E-state index is 0.140. The predicted molar refractivity (Wildman–Crippen MR) is 89.0 cm³/mol. The summed E-state index contributed by atoms with van der Waals surface area (Å²) in [4.78, 5) is 24.0. The molecule has 1 aromatic carbocycles. The van der Waals surface area contributed by atoms with Gasteiger partial charge >= 0.3 is 0 Å². The zero-order valence-corrected chi connectivity index (χ0v) is 13.8. The normalized spacial score (nSPS) is 10.4. The molecular formula is C17H18F2N2O2S. The van der Waals surface area contributed by atoms with Gasteiger partial charge in [0.2, 0.25) is 5.91 Å². The molecule has 0 saturated heterocycles. The summed E-state index contributed by atoms with van der Waals surface area (Å²) in [6.07, 6.45) is 1.16. The molecule has 0 aliphatic heterocycles. The van der Waals surface area contributed by atoms with E-state index < -0.39 is 11.6 Å². The predicted octanol–water partition coefficient (Wildman–Crippen LogP) is 2.90. The van der Waals surface area contributed by atoms with E-state index in [-0.39, 0.29) is 18.2 Å². The zero-order valence-electron chi connectivity index (χ0n) is 13.0. The molecule has 1 heterocycles. The van der Waals surface area contributed by atoms with E-state index in [1.54, 1.807) is 12.1 Å². The van der Waals surface area contributed by atoms with E-state index in [1.165, 1.54) is 23.5 Å². The Bertz CT molecular complexity index is 670. The van der Waals surface area contributed by atoms with Gasteiger partial charge < -0.3 is 10.6 Å². The largest absolute Gasteiger partial charge is 0.356 e. The quantitative estimate of drug-likeness (QED) is 0.718. The lowest BCUT2D eigenvalue weighted by atomic mass is 10.1. The summed E-state index contributed by atoms with van der Waals surface area (Å²) < 4.78 is 26.1. The van der Waals surface area contributed by atoms with E-state index >= 15 is 0 Å². The van der Waals surface area contributed by atoms with Crippen molar-refractivity contribution >= 4 is 23.2 Å². The van der Waals surface area contributed by atoms with E-state index in [9.17, 15) is 18.4 Å². The second kappa shape index (κ2) is 9.12. The first-order valence-corrected chi connectivity index (χ1v) is 8.46. The maximum Gasteiger partial charge on any atom is 0.261 e. The number of nitrogens with one attached hydrogen (secondary N) is 2. The Morgan fingerprint density at radius 2 is 1.79 bits per heavy atom. The summed E-state index contributed by atoms with van der Waals surface area (Å²) in [5, 5.41) is 7.26. The van der Waals surface area contributed by atoms with Gasteiger partial charge in [0, 0.05) is 25.6 Å². The number of thiophene rings is 1. The SMILES string of the molecule is O=C(CCCNC(=O)c1cccs1)NCCc1cc(F)cc(F)c1. The molecule has 0 radical (unpaired) electrons. The van der Waals surface area contributed by atoms with Crippen LogP contribution in [0.25, 0.3) is 0 Å². The number of hydrogen-bond donors (Lipinski definition) is 2. The molecule has 0 unspecified atom stereocenters. The number of amides is 2. The van der Waals surface area contributed by atoms with Crippen LogP contribution in [0.4, 0.5) is 8.78 Å². The third-order valence-electron chi connectivity index (χ3n) is 3.27. The third kappa shape index (κ3) is 6.08. The van der Waals surface area contributed by atoms with Crippen LogP contribution in [-0.4, -0.2) is 24.9 Å². The van der Waals surface area contributed by atoms with Crippen molar-refractivity contribution < 1.29 is 18.4 Å².